The molecule has 2 N–H and O–H groups in total. The van der Waals surface area contributed by atoms with E-state index in [1.54, 1.807) is 24.3 Å². The zero-order valence-electron chi connectivity index (χ0n) is 9.64. The Labute approximate surface area is 99.5 Å². The van der Waals surface area contributed by atoms with E-state index in [0.29, 0.717) is 17.9 Å². The van der Waals surface area contributed by atoms with Gasteiger partial charge in [-0.3, -0.25) is 4.79 Å². The number of ether oxygens (including phenoxy) is 2. The van der Waals surface area contributed by atoms with Gasteiger partial charge in [0.2, 0.25) is 0 Å². The van der Waals surface area contributed by atoms with Gasteiger partial charge in [-0.2, -0.15) is 0 Å². The van der Waals surface area contributed by atoms with E-state index in [1.807, 2.05) is 6.92 Å². The zero-order valence-corrected chi connectivity index (χ0v) is 9.64. The number of para-hydroxylation sites is 1. The van der Waals surface area contributed by atoms with Gasteiger partial charge in [0, 0.05) is 0 Å². The molecule has 0 atom stereocenters. The van der Waals surface area contributed by atoms with Gasteiger partial charge < -0.3 is 15.2 Å². The van der Waals surface area contributed by atoms with Gasteiger partial charge in [-0.15, -0.1) is 0 Å². The third-order valence-electron chi connectivity index (χ3n) is 1.91. The van der Waals surface area contributed by atoms with Crippen LogP contribution in [0.3, 0.4) is 0 Å². The van der Waals surface area contributed by atoms with Crippen LogP contribution < -0.4 is 10.5 Å². The minimum absolute atomic E-state index is 0.266. The summed E-state index contributed by atoms with van der Waals surface area (Å²) < 4.78 is 10.1. The van der Waals surface area contributed by atoms with E-state index in [0.717, 1.165) is 6.42 Å². The molecule has 0 bridgehead atoms. The summed E-state index contributed by atoms with van der Waals surface area (Å²) in [6.45, 7) is 1.99. The lowest BCUT2D eigenvalue weighted by atomic mass is 10.2. The molecule has 1 rings (SSSR count). The van der Waals surface area contributed by atoms with Gasteiger partial charge in [-0.05, 0) is 18.6 Å². The average Bonchev–Trinajstić information content (AvgIpc) is 2.33. The molecule has 0 spiro atoms. The standard InChI is InChI=1S/C12H15NO4/c1-2-7-16-12(15)9-5-3-4-6-10(9)17-8-11(13)14/h3-6H,2,7-8H2,1H3,(H2,13,14). The fourth-order valence-electron chi connectivity index (χ4n) is 1.18. The largest absolute Gasteiger partial charge is 0.483 e. The van der Waals surface area contributed by atoms with Crippen LogP contribution in [-0.2, 0) is 9.53 Å². The quantitative estimate of drug-likeness (QED) is 0.752. The first-order chi connectivity index (χ1) is 8.15. The fraction of sp³-hybridized carbons (Fsp3) is 0.333. The van der Waals surface area contributed by atoms with Crippen LogP contribution in [0.4, 0.5) is 0 Å². The SMILES string of the molecule is CCCOC(=O)c1ccccc1OCC(N)=O. The van der Waals surface area contributed by atoms with Crippen LogP contribution in [0.1, 0.15) is 23.7 Å². The Bertz CT molecular complexity index is 403. The van der Waals surface area contributed by atoms with E-state index in [4.69, 9.17) is 15.2 Å². The van der Waals surface area contributed by atoms with Crippen LogP contribution in [-0.4, -0.2) is 25.1 Å². The van der Waals surface area contributed by atoms with Crippen molar-refractivity contribution in [2.45, 2.75) is 13.3 Å². The van der Waals surface area contributed by atoms with Gasteiger partial charge >= 0.3 is 5.97 Å². The molecule has 0 aliphatic rings. The van der Waals surface area contributed by atoms with Crippen molar-refractivity contribution in [2.24, 2.45) is 5.73 Å². The maximum absolute atomic E-state index is 11.7. The van der Waals surface area contributed by atoms with Crippen molar-refractivity contribution in [3.8, 4) is 5.75 Å². The van der Waals surface area contributed by atoms with Gasteiger partial charge in [-0.25, -0.2) is 4.79 Å². The normalized spacial score (nSPS) is 9.71. The Kier molecular flexibility index (Phi) is 5.00. The van der Waals surface area contributed by atoms with Crippen LogP contribution in [0.2, 0.25) is 0 Å². The molecule has 0 aliphatic carbocycles. The fourth-order valence-corrected chi connectivity index (χ4v) is 1.18. The molecule has 1 aromatic rings. The monoisotopic (exact) mass is 237 g/mol. The number of hydrogen-bond acceptors (Lipinski definition) is 4. The maximum Gasteiger partial charge on any atom is 0.341 e. The molecular weight excluding hydrogens is 222 g/mol. The molecule has 0 saturated carbocycles. The molecule has 0 aromatic heterocycles. The topological polar surface area (TPSA) is 78.6 Å². The van der Waals surface area contributed by atoms with E-state index < -0.39 is 11.9 Å². The number of carbonyl (C=O) groups excluding carboxylic acids is 2. The number of primary amides is 1. The molecule has 92 valence electrons. The molecule has 0 unspecified atom stereocenters. The number of benzene rings is 1. The highest BCUT2D eigenvalue weighted by molar-refractivity contribution is 5.92. The van der Waals surface area contributed by atoms with Crippen LogP contribution in [0.15, 0.2) is 24.3 Å². The number of rotatable bonds is 6. The second-order valence-electron chi connectivity index (χ2n) is 3.39. The lowest BCUT2D eigenvalue weighted by Gasteiger charge is -2.09. The summed E-state index contributed by atoms with van der Waals surface area (Å²) in [5.41, 5.74) is 5.26. The number of hydrogen-bond donors (Lipinski definition) is 1. The smallest absolute Gasteiger partial charge is 0.341 e. The average molecular weight is 237 g/mol. The molecule has 1 amide bonds. The highest BCUT2D eigenvalue weighted by Crippen LogP contribution is 2.18. The molecular formula is C12H15NO4. The highest BCUT2D eigenvalue weighted by Gasteiger charge is 2.13. The molecule has 0 fully saturated rings. The molecule has 5 nitrogen and oxygen atoms in total. The molecule has 0 radical (unpaired) electrons. The van der Waals surface area contributed by atoms with Gasteiger partial charge in [0.25, 0.3) is 5.91 Å². The molecule has 0 saturated heterocycles. The Morgan fingerprint density at radius 3 is 2.65 bits per heavy atom. The van der Waals surface area contributed by atoms with Crippen LogP contribution in [0, 0.1) is 0 Å². The predicted octanol–water partition coefficient (Wildman–Crippen LogP) is 1.12. The van der Waals surface area contributed by atoms with E-state index in [2.05, 4.69) is 0 Å². The summed E-state index contributed by atoms with van der Waals surface area (Å²) in [5.74, 6) is -0.763. The summed E-state index contributed by atoms with van der Waals surface area (Å²) in [4.78, 5) is 22.3. The first-order valence-electron chi connectivity index (χ1n) is 5.32. The van der Waals surface area contributed by atoms with E-state index >= 15 is 0 Å². The molecule has 5 heteroatoms. The van der Waals surface area contributed by atoms with E-state index in [-0.39, 0.29) is 6.61 Å². The van der Waals surface area contributed by atoms with Crippen molar-refractivity contribution in [3.05, 3.63) is 29.8 Å². The Balaban J connectivity index is 2.76. The third kappa shape index (κ3) is 4.14. The minimum atomic E-state index is -0.596. The summed E-state index contributed by atoms with van der Waals surface area (Å²) in [7, 11) is 0. The van der Waals surface area contributed by atoms with Crippen molar-refractivity contribution in [2.75, 3.05) is 13.2 Å². The summed E-state index contributed by atoms with van der Waals surface area (Å²) >= 11 is 0. The second-order valence-corrected chi connectivity index (χ2v) is 3.39. The van der Waals surface area contributed by atoms with Crippen molar-refractivity contribution in [1.82, 2.24) is 0 Å². The van der Waals surface area contributed by atoms with Crippen molar-refractivity contribution >= 4 is 11.9 Å². The lowest BCUT2D eigenvalue weighted by molar-refractivity contribution is -0.119. The maximum atomic E-state index is 11.7. The summed E-state index contributed by atoms with van der Waals surface area (Å²) in [6, 6.07) is 6.56. The predicted molar refractivity (Wildman–Crippen MR) is 61.7 cm³/mol. The highest BCUT2D eigenvalue weighted by atomic mass is 16.5. The van der Waals surface area contributed by atoms with Gasteiger partial charge in [0.1, 0.15) is 11.3 Å². The number of esters is 1. The Hall–Kier alpha value is -2.04. The number of carbonyl (C=O) groups is 2. The second kappa shape index (κ2) is 6.52. The van der Waals surface area contributed by atoms with Crippen LogP contribution in [0.25, 0.3) is 0 Å². The first-order valence-corrected chi connectivity index (χ1v) is 5.32. The van der Waals surface area contributed by atoms with Crippen LogP contribution in [0.5, 0.6) is 5.75 Å². The van der Waals surface area contributed by atoms with Gasteiger partial charge in [0.15, 0.2) is 6.61 Å². The molecule has 0 aliphatic heterocycles. The Morgan fingerprint density at radius 1 is 1.29 bits per heavy atom. The van der Waals surface area contributed by atoms with Crippen molar-refractivity contribution in [1.29, 1.82) is 0 Å². The van der Waals surface area contributed by atoms with Gasteiger partial charge in [-0.1, -0.05) is 19.1 Å². The van der Waals surface area contributed by atoms with E-state index in [1.165, 1.54) is 0 Å². The zero-order chi connectivity index (χ0) is 12.7. The lowest BCUT2D eigenvalue weighted by Crippen LogP contribution is -2.21. The molecule has 1 aromatic carbocycles. The summed E-state index contributed by atoms with van der Waals surface area (Å²) in [6.07, 6.45) is 0.746. The summed E-state index contributed by atoms with van der Waals surface area (Å²) in [5, 5.41) is 0. The minimum Gasteiger partial charge on any atom is -0.483 e. The third-order valence-corrected chi connectivity index (χ3v) is 1.91. The van der Waals surface area contributed by atoms with Crippen molar-refractivity contribution in [3.63, 3.8) is 0 Å². The number of amides is 1. The van der Waals surface area contributed by atoms with Gasteiger partial charge in [0.05, 0.1) is 6.61 Å². The molecule has 0 heterocycles. The molecule has 17 heavy (non-hydrogen) atoms. The van der Waals surface area contributed by atoms with Crippen molar-refractivity contribution < 1.29 is 19.1 Å². The Morgan fingerprint density at radius 2 is 2.00 bits per heavy atom. The number of nitrogens with two attached hydrogens (primary N) is 1. The van der Waals surface area contributed by atoms with Crippen LogP contribution >= 0.6 is 0 Å². The van der Waals surface area contributed by atoms with E-state index in [9.17, 15) is 9.59 Å². The first kappa shape index (κ1) is 13.0.